The fourth-order valence-corrected chi connectivity index (χ4v) is 3.79. The third-order valence-corrected chi connectivity index (χ3v) is 5.36. The van der Waals surface area contributed by atoms with E-state index in [0.29, 0.717) is 13.1 Å². The van der Waals surface area contributed by atoms with Gasteiger partial charge in [0.05, 0.1) is 7.11 Å². The van der Waals surface area contributed by atoms with E-state index in [1.807, 2.05) is 41.0 Å². The number of aryl methyl sites for hydroxylation is 1. The fourth-order valence-electron chi connectivity index (χ4n) is 3.79. The summed E-state index contributed by atoms with van der Waals surface area (Å²) in [5.74, 6) is 1.13. The SMILES string of the molecule is COc1ccc(C)cc1/C=C/C(=O)N1CCC(C(=O)N2CCCC2)CC1. The predicted octanol–water partition coefficient (Wildman–Crippen LogP) is 2.88. The van der Waals surface area contributed by atoms with Crippen LogP contribution in [-0.2, 0) is 9.59 Å². The average molecular weight is 356 g/mol. The molecule has 0 N–H and O–H groups in total. The first kappa shape index (κ1) is 18.5. The highest BCUT2D eigenvalue weighted by Gasteiger charge is 2.30. The summed E-state index contributed by atoms with van der Waals surface area (Å²) in [4.78, 5) is 28.8. The smallest absolute Gasteiger partial charge is 0.246 e. The minimum Gasteiger partial charge on any atom is -0.496 e. The van der Waals surface area contributed by atoms with E-state index >= 15 is 0 Å². The standard InChI is InChI=1S/C21H28N2O3/c1-16-5-7-19(26-2)18(15-16)6-8-20(24)22-13-9-17(10-14-22)21(25)23-11-3-4-12-23/h5-8,15,17H,3-4,9-14H2,1-2H3/b8-6+. The molecule has 2 saturated heterocycles. The molecule has 0 aliphatic carbocycles. The van der Waals surface area contributed by atoms with E-state index in [1.165, 1.54) is 0 Å². The minimum absolute atomic E-state index is 0.000584. The molecule has 0 radical (unpaired) electrons. The van der Waals surface area contributed by atoms with E-state index in [0.717, 1.165) is 55.6 Å². The predicted molar refractivity (Wildman–Crippen MR) is 102 cm³/mol. The van der Waals surface area contributed by atoms with Crippen molar-refractivity contribution in [3.8, 4) is 5.75 Å². The number of hydrogen-bond donors (Lipinski definition) is 0. The van der Waals surface area contributed by atoms with E-state index in [-0.39, 0.29) is 17.7 Å². The van der Waals surface area contributed by atoms with Crippen molar-refractivity contribution in [2.75, 3.05) is 33.3 Å². The maximum Gasteiger partial charge on any atom is 0.246 e. The molecule has 0 aromatic heterocycles. The minimum atomic E-state index is 0.000584. The second-order valence-electron chi connectivity index (χ2n) is 7.21. The Morgan fingerprint density at radius 2 is 1.77 bits per heavy atom. The fraction of sp³-hybridized carbons (Fsp3) is 0.524. The molecule has 0 spiro atoms. The number of carbonyl (C=O) groups is 2. The largest absolute Gasteiger partial charge is 0.496 e. The van der Waals surface area contributed by atoms with Crippen LogP contribution in [0, 0.1) is 12.8 Å². The maximum absolute atomic E-state index is 12.5. The number of amides is 2. The Morgan fingerprint density at radius 1 is 1.08 bits per heavy atom. The lowest BCUT2D eigenvalue weighted by Gasteiger charge is -2.32. The topological polar surface area (TPSA) is 49.9 Å². The van der Waals surface area contributed by atoms with Crippen molar-refractivity contribution >= 4 is 17.9 Å². The molecule has 26 heavy (non-hydrogen) atoms. The Labute approximate surface area is 155 Å². The van der Waals surface area contributed by atoms with Gasteiger partial charge in [0.15, 0.2) is 0 Å². The highest BCUT2D eigenvalue weighted by molar-refractivity contribution is 5.92. The first-order chi connectivity index (χ1) is 12.6. The molecule has 0 unspecified atom stereocenters. The van der Waals surface area contributed by atoms with Crippen molar-refractivity contribution < 1.29 is 14.3 Å². The molecule has 0 atom stereocenters. The van der Waals surface area contributed by atoms with Crippen molar-refractivity contribution in [2.45, 2.75) is 32.6 Å². The number of rotatable bonds is 4. The van der Waals surface area contributed by atoms with Crippen molar-refractivity contribution in [3.63, 3.8) is 0 Å². The second-order valence-corrected chi connectivity index (χ2v) is 7.21. The monoisotopic (exact) mass is 356 g/mol. The highest BCUT2D eigenvalue weighted by Crippen LogP contribution is 2.23. The number of methoxy groups -OCH3 is 1. The van der Waals surface area contributed by atoms with Crippen molar-refractivity contribution in [3.05, 3.63) is 35.4 Å². The Bertz CT molecular complexity index is 684. The van der Waals surface area contributed by atoms with E-state index in [9.17, 15) is 9.59 Å². The Kier molecular flexibility index (Phi) is 5.96. The van der Waals surface area contributed by atoms with Crippen LogP contribution in [0.15, 0.2) is 24.3 Å². The lowest BCUT2D eigenvalue weighted by Crippen LogP contribution is -2.43. The molecule has 2 fully saturated rings. The normalized spacial score (nSPS) is 18.5. The van der Waals surface area contributed by atoms with Crippen molar-refractivity contribution in [1.82, 2.24) is 9.80 Å². The lowest BCUT2D eigenvalue weighted by atomic mass is 9.95. The van der Waals surface area contributed by atoms with Crippen LogP contribution in [-0.4, -0.2) is 54.9 Å². The van der Waals surface area contributed by atoms with Crippen LogP contribution < -0.4 is 4.74 Å². The Hall–Kier alpha value is -2.30. The molecule has 5 heteroatoms. The summed E-state index contributed by atoms with van der Waals surface area (Å²) in [6.07, 6.45) is 7.20. The Balaban J connectivity index is 1.55. The van der Waals surface area contributed by atoms with Gasteiger partial charge in [-0.1, -0.05) is 11.6 Å². The molecule has 140 valence electrons. The molecular weight excluding hydrogens is 328 g/mol. The molecule has 0 bridgehead atoms. The zero-order chi connectivity index (χ0) is 18.5. The zero-order valence-corrected chi connectivity index (χ0v) is 15.7. The van der Waals surface area contributed by atoms with Gasteiger partial charge >= 0.3 is 0 Å². The summed E-state index contributed by atoms with van der Waals surface area (Å²) in [5, 5.41) is 0. The van der Waals surface area contributed by atoms with Gasteiger partial charge in [0.2, 0.25) is 11.8 Å². The number of piperidine rings is 1. The molecule has 3 rings (SSSR count). The number of nitrogens with zero attached hydrogens (tertiary/aromatic N) is 2. The highest BCUT2D eigenvalue weighted by atomic mass is 16.5. The molecule has 1 aromatic rings. The molecule has 5 nitrogen and oxygen atoms in total. The van der Waals surface area contributed by atoms with Crippen molar-refractivity contribution in [1.29, 1.82) is 0 Å². The molecule has 1 aromatic carbocycles. The lowest BCUT2D eigenvalue weighted by molar-refractivity contribution is -0.138. The number of benzene rings is 1. The van der Waals surface area contributed by atoms with Crippen LogP contribution in [0.25, 0.3) is 6.08 Å². The molecule has 0 saturated carbocycles. The molecular formula is C21H28N2O3. The van der Waals surface area contributed by atoms with Gasteiger partial charge in [-0.2, -0.15) is 0 Å². The quantitative estimate of drug-likeness (QED) is 0.780. The summed E-state index contributed by atoms with van der Waals surface area (Å²) in [7, 11) is 1.63. The third-order valence-electron chi connectivity index (χ3n) is 5.36. The van der Waals surface area contributed by atoms with Gasteiger partial charge in [-0.05, 0) is 50.8 Å². The van der Waals surface area contributed by atoms with Gasteiger partial charge in [-0.25, -0.2) is 0 Å². The molecule has 2 heterocycles. The van der Waals surface area contributed by atoms with Crippen molar-refractivity contribution in [2.24, 2.45) is 5.92 Å². The van der Waals surface area contributed by atoms with Gasteiger partial charge in [-0.15, -0.1) is 0 Å². The van der Waals surface area contributed by atoms with Gasteiger partial charge in [-0.3, -0.25) is 9.59 Å². The van der Waals surface area contributed by atoms with Crippen LogP contribution in [0.2, 0.25) is 0 Å². The van der Waals surface area contributed by atoms with E-state index < -0.39 is 0 Å². The number of ether oxygens (including phenoxy) is 1. The second kappa shape index (κ2) is 8.39. The van der Waals surface area contributed by atoms with Crippen LogP contribution in [0.3, 0.4) is 0 Å². The molecule has 2 aliphatic heterocycles. The zero-order valence-electron chi connectivity index (χ0n) is 15.7. The summed E-state index contributed by atoms with van der Waals surface area (Å²) < 4.78 is 5.35. The van der Waals surface area contributed by atoms with Crippen LogP contribution >= 0.6 is 0 Å². The summed E-state index contributed by atoms with van der Waals surface area (Å²) in [5.41, 5.74) is 2.03. The number of likely N-dealkylation sites (tertiary alicyclic amines) is 2. The van der Waals surface area contributed by atoms with Gasteiger partial charge in [0, 0.05) is 43.7 Å². The molecule has 2 amide bonds. The van der Waals surface area contributed by atoms with Gasteiger partial charge < -0.3 is 14.5 Å². The van der Waals surface area contributed by atoms with Crippen LogP contribution in [0.5, 0.6) is 5.75 Å². The first-order valence-electron chi connectivity index (χ1n) is 9.49. The van der Waals surface area contributed by atoms with Gasteiger partial charge in [0.1, 0.15) is 5.75 Å². The third kappa shape index (κ3) is 4.26. The summed E-state index contributed by atoms with van der Waals surface area (Å²) in [6.45, 7) is 5.12. The first-order valence-corrected chi connectivity index (χ1v) is 9.49. The summed E-state index contributed by atoms with van der Waals surface area (Å²) in [6, 6.07) is 5.90. The van der Waals surface area contributed by atoms with E-state index in [4.69, 9.17) is 4.74 Å². The maximum atomic E-state index is 12.5. The number of hydrogen-bond acceptors (Lipinski definition) is 3. The average Bonchev–Trinajstić information content (AvgIpc) is 3.20. The van der Waals surface area contributed by atoms with E-state index in [2.05, 4.69) is 0 Å². The molecule has 2 aliphatic rings. The van der Waals surface area contributed by atoms with E-state index in [1.54, 1.807) is 13.2 Å². The number of carbonyl (C=O) groups excluding carboxylic acids is 2. The van der Waals surface area contributed by atoms with Gasteiger partial charge in [0.25, 0.3) is 0 Å². The Morgan fingerprint density at radius 3 is 2.42 bits per heavy atom. The van der Waals surface area contributed by atoms with Crippen LogP contribution in [0.4, 0.5) is 0 Å². The summed E-state index contributed by atoms with van der Waals surface area (Å²) >= 11 is 0. The van der Waals surface area contributed by atoms with Crippen LogP contribution in [0.1, 0.15) is 36.8 Å².